The summed E-state index contributed by atoms with van der Waals surface area (Å²) in [4.78, 5) is 17.6. The molecule has 0 aliphatic carbocycles. The zero-order chi connectivity index (χ0) is 12.5. The van der Waals surface area contributed by atoms with Gasteiger partial charge < -0.3 is 9.84 Å². The number of nitrogens with zero attached hydrogens (tertiary/aromatic N) is 2. The van der Waals surface area contributed by atoms with Crippen molar-refractivity contribution in [1.82, 2.24) is 15.5 Å². The second kappa shape index (κ2) is 4.51. The smallest absolute Gasteiger partial charge is 0.262 e. The van der Waals surface area contributed by atoms with Crippen molar-refractivity contribution in [3.63, 3.8) is 0 Å². The molecule has 2 aromatic heterocycles. The molecule has 0 unspecified atom stereocenters. The Morgan fingerprint density at radius 1 is 1.61 bits per heavy atom. The van der Waals surface area contributed by atoms with Gasteiger partial charge in [-0.2, -0.15) is 0 Å². The highest BCUT2D eigenvalue weighted by Gasteiger charge is 2.18. The Morgan fingerprint density at radius 2 is 2.50 bits per heavy atom. The first-order valence-electron chi connectivity index (χ1n) is 5.66. The van der Waals surface area contributed by atoms with E-state index in [1.165, 1.54) is 22.4 Å². The maximum atomic E-state index is 11.9. The molecule has 7 heteroatoms. The van der Waals surface area contributed by atoms with Crippen molar-refractivity contribution in [3.8, 4) is 0 Å². The normalized spacial score (nSPS) is 14.3. The lowest BCUT2D eigenvalue weighted by Gasteiger charge is -2.09. The monoisotopic (exact) mass is 264 g/mol. The van der Waals surface area contributed by atoms with E-state index >= 15 is 0 Å². The summed E-state index contributed by atoms with van der Waals surface area (Å²) in [7, 11) is 0. The summed E-state index contributed by atoms with van der Waals surface area (Å²) >= 11 is 1.51. The van der Waals surface area contributed by atoms with Gasteiger partial charge in [-0.25, -0.2) is 4.98 Å². The quantitative estimate of drug-likeness (QED) is 0.855. The molecule has 6 nitrogen and oxygen atoms in total. The molecule has 18 heavy (non-hydrogen) atoms. The molecular formula is C11H12N4O2S. The number of rotatable bonds is 2. The first-order chi connectivity index (χ1) is 8.74. The van der Waals surface area contributed by atoms with E-state index in [1.54, 1.807) is 6.92 Å². The summed E-state index contributed by atoms with van der Waals surface area (Å²) in [6.07, 6.45) is 2.33. The average Bonchev–Trinajstić information content (AvgIpc) is 2.94. The van der Waals surface area contributed by atoms with Crippen LogP contribution in [0.15, 0.2) is 10.7 Å². The van der Waals surface area contributed by atoms with Crippen molar-refractivity contribution in [2.45, 2.75) is 19.9 Å². The molecule has 0 bridgehead atoms. The van der Waals surface area contributed by atoms with Crippen molar-refractivity contribution in [3.05, 3.63) is 28.1 Å². The fraction of sp³-hybridized carbons (Fsp3) is 0.364. The van der Waals surface area contributed by atoms with Crippen LogP contribution < -0.4 is 10.6 Å². The molecule has 0 spiro atoms. The van der Waals surface area contributed by atoms with Crippen LogP contribution in [0.3, 0.4) is 0 Å². The second-order valence-electron chi connectivity index (χ2n) is 4.07. The zero-order valence-electron chi connectivity index (χ0n) is 9.82. The predicted octanol–water partition coefficient (Wildman–Crippen LogP) is 1.34. The second-order valence-corrected chi connectivity index (χ2v) is 5.15. The highest BCUT2D eigenvalue weighted by Crippen LogP contribution is 2.25. The molecule has 2 aromatic rings. The lowest BCUT2D eigenvalue weighted by atomic mass is 10.2. The van der Waals surface area contributed by atoms with E-state index in [9.17, 15) is 4.79 Å². The highest BCUT2D eigenvalue weighted by atomic mass is 32.1. The van der Waals surface area contributed by atoms with E-state index in [1.807, 2.05) is 0 Å². The molecule has 0 atom stereocenters. The van der Waals surface area contributed by atoms with Gasteiger partial charge in [0, 0.05) is 24.4 Å². The van der Waals surface area contributed by atoms with E-state index < -0.39 is 0 Å². The zero-order valence-corrected chi connectivity index (χ0v) is 10.6. The Kier molecular flexibility index (Phi) is 2.85. The maximum absolute atomic E-state index is 11.9. The summed E-state index contributed by atoms with van der Waals surface area (Å²) < 4.78 is 4.87. The number of thiazole rings is 1. The minimum Gasteiger partial charge on any atom is -0.361 e. The fourth-order valence-corrected chi connectivity index (χ4v) is 2.83. The first-order valence-corrected chi connectivity index (χ1v) is 6.47. The third kappa shape index (κ3) is 2.02. The van der Waals surface area contributed by atoms with Crippen LogP contribution in [0.25, 0.3) is 0 Å². The van der Waals surface area contributed by atoms with Gasteiger partial charge in [0.25, 0.3) is 5.91 Å². The summed E-state index contributed by atoms with van der Waals surface area (Å²) in [5.74, 6) is 0.281. The van der Waals surface area contributed by atoms with Crippen molar-refractivity contribution in [2.75, 3.05) is 11.9 Å². The Balaban J connectivity index is 1.79. The Labute approximate surface area is 107 Å². The average molecular weight is 264 g/mol. The van der Waals surface area contributed by atoms with Gasteiger partial charge in [-0.05, 0) is 6.92 Å². The van der Waals surface area contributed by atoms with E-state index in [0.29, 0.717) is 16.5 Å². The van der Waals surface area contributed by atoms with Crippen LogP contribution in [0.1, 0.15) is 26.7 Å². The molecule has 3 rings (SSSR count). The number of anilines is 1. The Hall–Kier alpha value is -1.73. The molecule has 3 heterocycles. The standard InChI is InChI=1S/C11H12N4O2S/c1-6-7(4-13-17-6)10(16)15-11-14-8-2-3-12-5-9(8)18-11/h4,12H,2-3,5H2,1H3,(H,14,15,16). The molecule has 2 N–H and O–H groups in total. The topological polar surface area (TPSA) is 80.1 Å². The molecule has 0 radical (unpaired) electrons. The summed E-state index contributed by atoms with van der Waals surface area (Å²) in [6.45, 7) is 3.47. The minimum absolute atomic E-state index is 0.229. The van der Waals surface area contributed by atoms with Crippen molar-refractivity contribution in [2.24, 2.45) is 0 Å². The number of hydrogen-bond acceptors (Lipinski definition) is 6. The highest BCUT2D eigenvalue weighted by molar-refractivity contribution is 7.15. The summed E-state index contributed by atoms with van der Waals surface area (Å²) in [5.41, 5.74) is 1.53. The van der Waals surface area contributed by atoms with Gasteiger partial charge >= 0.3 is 0 Å². The number of amides is 1. The molecule has 0 saturated heterocycles. The van der Waals surface area contributed by atoms with Gasteiger partial charge in [-0.3, -0.25) is 10.1 Å². The summed E-state index contributed by atoms with van der Waals surface area (Å²) in [5, 5.41) is 10.3. The first kappa shape index (κ1) is 11.4. The van der Waals surface area contributed by atoms with Gasteiger partial charge in [0.2, 0.25) is 0 Å². The lowest BCUT2D eigenvalue weighted by molar-refractivity contribution is 0.102. The molecule has 94 valence electrons. The summed E-state index contributed by atoms with van der Waals surface area (Å²) in [6, 6.07) is 0. The molecule has 1 amide bonds. The molecule has 0 fully saturated rings. The van der Waals surface area contributed by atoms with Gasteiger partial charge in [-0.1, -0.05) is 5.16 Å². The maximum Gasteiger partial charge on any atom is 0.262 e. The number of hydrogen-bond donors (Lipinski definition) is 2. The predicted molar refractivity (Wildman–Crippen MR) is 66.7 cm³/mol. The van der Waals surface area contributed by atoms with E-state index in [-0.39, 0.29) is 5.91 Å². The fourth-order valence-electron chi connectivity index (χ4n) is 1.86. The third-order valence-corrected chi connectivity index (χ3v) is 3.83. The third-order valence-electron chi connectivity index (χ3n) is 2.82. The van der Waals surface area contributed by atoms with Crippen LogP contribution in [-0.4, -0.2) is 22.6 Å². The van der Waals surface area contributed by atoms with E-state index in [4.69, 9.17) is 4.52 Å². The van der Waals surface area contributed by atoms with Crippen molar-refractivity contribution < 1.29 is 9.32 Å². The van der Waals surface area contributed by atoms with Crippen LogP contribution in [0.4, 0.5) is 5.13 Å². The number of fused-ring (bicyclic) bond motifs is 1. The van der Waals surface area contributed by atoms with E-state index in [2.05, 4.69) is 20.8 Å². The van der Waals surface area contributed by atoms with Crippen LogP contribution in [0, 0.1) is 6.92 Å². The van der Waals surface area contributed by atoms with Gasteiger partial charge in [0.15, 0.2) is 5.13 Å². The Bertz CT molecular complexity index is 566. The lowest BCUT2D eigenvalue weighted by Crippen LogP contribution is -2.22. The van der Waals surface area contributed by atoms with Crippen LogP contribution in [0.5, 0.6) is 0 Å². The number of aromatic nitrogens is 2. The Morgan fingerprint density at radius 3 is 3.22 bits per heavy atom. The molecule has 0 saturated carbocycles. The van der Waals surface area contributed by atoms with Crippen LogP contribution in [0.2, 0.25) is 0 Å². The van der Waals surface area contributed by atoms with Gasteiger partial charge in [0.05, 0.1) is 11.9 Å². The largest absolute Gasteiger partial charge is 0.361 e. The van der Waals surface area contributed by atoms with Gasteiger partial charge in [-0.15, -0.1) is 11.3 Å². The molecular weight excluding hydrogens is 252 g/mol. The van der Waals surface area contributed by atoms with Crippen molar-refractivity contribution in [1.29, 1.82) is 0 Å². The van der Waals surface area contributed by atoms with Gasteiger partial charge in [0.1, 0.15) is 11.3 Å². The number of aryl methyl sites for hydroxylation is 1. The molecule has 0 aromatic carbocycles. The minimum atomic E-state index is -0.229. The van der Waals surface area contributed by atoms with E-state index in [0.717, 1.165) is 25.2 Å². The SMILES string of the molecule is Cc1oncc1C(=O)Nc1nc2c(s1)CNCC2. The van der Waals surface area contributed by atoms with Crippen LogP contribution in [-0.2, 0) is 13.0 Å². The number of nitrogens with one attached hydrogen (secondary N) is 2. The molecule has 1 aliphatic rings. The number of carbonyl (C=O) groups excluding carboxylic acids is 1. The number of carbonyl (C=O) groups is 1. The van der Waals surface area contributed by atoms with Crippen molar-refractivity contribution >= 4 is 22.4 Å². The molecule has 1 aliphatic heterocycles. The van der Waals surface area contributed by atoms with Crippen LogP contribution >= 0.6 is 11.3 Å².